The number of sulfone groups is 1. The summed E-state index contributed by atoms with van der Waals surface area (Å²) in [5.41, 5.74) is 0. The van der Waals surface area contributed by atoms with Crippen molar-refractivity contribution in [3.05, 3.63) is 5.02 Å². The van der Waals surface area contributed by atoms with E-state index in [2.05, 4.69) is 12.0 Å². The minimum atomic E-state index is -3.58. The first-order chi connectivity index (χ1) is 11.7. The number of hydrogen-bond acceptors (Lipinski definition) is 6. The molecule has 1 atom stereocenters. The molecule has 1 rings (SSSR count). The van der Waals surface area contributed by atoms with Gasteiger partial charge < -0.3 is 4.52 Å². The van der Waals surface area contributed by atoms with Gasteiger partial charge in [-0.3, -0.25) is 4.57 Å². The molecule has 0 aliphatic rings. The molecular formula is C15H28ClN2O4PS2. The molecule has 1 aromatic heterocycles. The molecule has 1 aromatic rings. The van der Waals surface area contributed by atoms with Crippen molar-refractivity contribution in [1.29, 1.82) is 0 Å². The van der Waals surface area contributed by atoms with Gasteiger partial charge >= 0.3 is 6.57 Å². The summed E-state index contributed by atoms with van der Waals surface area (Å²) in [4.78, 5) is 0. The molecule has 25 heavy (non-hydrogen) atoms. The van der Waals surface area contributed by atoms with Crippen molar-refractivity contribution < 1.29 is 17.5 Å². The summed E-state index contributed by atoms with van der Waals surface area (Å²) in [7, 11) is -3.58. The highest BCUT2D eigenvalue weighted by Gasteiger charge is 2.30. The zero-order chi connectivity index (χ0) is 19.1. The molecule has 0 bridgehead atoms. The summed E-state index contributed by atoms with van der Waals surface area (Å²) in [6.07, 6.45) is 4.17. The van der Waals surface area contributed by atoms with Crippen LogP contribution in [0, 0.1) is 0 Å². The SMILES string of the molecule is CCCCCCS(=O)(=O)c1c(Cl)c(OP(C)(=O)SCC)nn1CCC. The third-order valence-corrected chi connectivity index (χ3v) is 9.35. The summed E-state index contributed by atoms with van der Waals surface area (Å²) < 4.78 is 44.7. The van der Waals surface area contributed by atoms with E-state index in [1.54, 1.807) is 0 Å². The normalized spacial score (nSPS) is 14.4. The van der Waals surface area contributed by atoms with Gasteiger partial charge in [-0.25, -0.2) is 13.1 Å². The molecule has 0 aromatic carbocycles. The fourth-order valence-electron chi connectivity index (χ4n) is 2.36. The lowest BCUT2D eigenvalue weighted by molar-refractivity contribution is 0.476. The molecule has 6 nitrogen and oxygen atoms in total. The van der Waals surface area contributed by atoms with Crippen molar-refractivity contribution in [2.24, 2.45) is 0 Å². The Hall–Kier alpha value is -0.170. The van der Waals surface area contributed by atoms with Gasteiger partial charge in [0.2, 0.25) is 0 Å². The number of aromatic nitrogens is 2. The highest BCUT2D eigenvalue weighted by Crippen LogP contribution is 2.56. The molecule has 1 heterocycles. The van der Waals surface area contributed by atoms with Gasteiger partial charge in [0.15, 0.2) is 14.9 Å². The quantitative estimate of drug-likeness (QED) is 0.332. The fourth-order valence-corrected chi connectivity index (χ4v) is 7.27. The second kappa shape index (κ2) is 10.2. The zero-order valence-electron chi connectivity index (χ0n) is 15.3. The first-order valence-electron chi connectivity index (χ1n) is 8.59. The first-order valence-corrected chi connectivity index (χ1v) is 14.3. The molecule has 0 N–H and O–H groups in total. The van der Waals surface area contributed by atoms with E-state index >= 15 is 0 Å². The summed E-state index contributed by atoms with van der Waals surface area (Å²) in [5.74, 6) is 0.577. The number of hydrogen-bond donors (Lipinski definition) is 0. The fraction of sp³-hybridized carbons (Fsp3) is 0.800. The highest BCUT2D eigenvalue weighted by molar-refractivity contribution is 8.56. The number of rotatable bonds is 12. The van der Waals surface area contributed by atoms with Crippen LogP contribution in [0.2, 0.25) is 5.02 Å². The van der Waals surface area contributed by atoms with Crippen molar-refractivity contribution >= 4 is 39.4 Å². The lowest BCUT2D eigenvalue weighted by atomic mass is 10.2. The second-order valence-electron chi connectivity index (χ2n) is 5.81. The maximum Gasteiger partial charge on any atom is 0.301 e. The standard InChI is InChI=1S/C15H28ClN2O4PS2/c1-5-8-9-10-12-25(20,21)15-13(16)14(17-18(15)11-6-2)22-23(4,19)24-7-3/h5-12H2,1-4H3. The Morgan fingerprint density at radius 3 is 2.44 bits per heavy atom. The summed E-state index contributed by atoms with van der Waals surface area (Å²) in [6.45, 7) is 4.76. The van der Waals surface area contributed by atoms with E-state index in [1.807, 2.05) is 13.8 Å². The van der Waals surface area contributed by atoms with Crippen LogP contribution in [0.5, 0.6) is 5.88 Å². The Labute approximate surface area is 160 Å². The van der Waals surface area contributed by atoms with Crippen molar-refractivity contribution in [3.8, 4) is 5.88 Å². The summed E-state index contributed by atoms with van der Waals surface area (Å²) >= 11 is 7.45. The van der Waals surface area contributed by atoms with Gasteiger partial charge in [0.25, 0.3) is 5.88 Å². The van der Waals surface area contributed by atoms with Crippen molar-refractivity contribution in [3.63, 3.8) is 0 Å². The Bertz CT molecular complexity index is 707. The predicted molar refractivity (Wildman–Crippen MR) is 106 cm³/mol. The lowest BCUT2D eigenvalue weighted by Gasteiger charge is -2.11. The average molecular weight is 431 g/mol. The van der Waals surface area contributed by atoms with E-state index in [9.17, 15) is 13.0 Å². The van der Waals surface area contributed by atoms with E-state index < -0.39 is 16.4 Å². The maximum absolute atomic E-state index is 12.7. The molecule has 1 unspecified atom stereocenters. The molecule has 146 valence electrons. The van der Waals surface area contributed by atoms with Gasteiger partial charge in [0, 0.05) is 19.0 Å². The van der Waals surface area contributed by atoms with E-state index in [0.717, 1.165) is 19.3 Å². The van der Waals surface area contributed by atoms with Gasteiger partial charge in [-0.15, -0.1) is 5.10 Å². The third kappa shape index (κ3) is 6.81. The number of halogens is 1. The van der Waals surface area contributed by atoms with Crippen LogP contribution >= 0.6 is 29.6 Å². The summed E-state index contributed by atoms with van der Waals surface area (Å²) in [5, 5.41) is 4.08. The number of nitrogens with zero attached hydrogens (tertiary/aromatic N) is 2. The Morgan fingerprint density at radius 2 is 1.88 bits per heavy atom. The molecule has 0 fully saturated rings. The molecular weight excluding hydrogens is 403 g/mol. The van der Waals surface area contributed by atoms with Crippen LogP contribution in [0.4, 0.5) is 0 Å². The van der Waals surface area contributed by atoms with Gasteiger partial charge in [0.05, 0.1) is 5.75 Å². The number of unbranched alkanes of at least 4 members (excludes halogenated alkanes) is 3. The van der Waals surface area contributed by atoms with Crippen LogP contribution in [0.15, 0.2) is 5.03 Å². The molecule has 0 saturated carbocycles. The van der Waals surface area contributed by atoms with Gasteiger partial charge in [0.1, 0.15) is 5.02 Å². The minimum absolute atomic E-state index is 0.0229. The topological polar surface area (TPSA) is 78.3 Å². The molecule has 0 aliphatic heterocycles. The van der Waals surface area contributed by atoms with Gasteiger partial charge in [-0.05, 0) is 12.8 Å². The molecule has 0 saturated heterocycles. The maximum atomic E-state index is 12.7. The van der Waals surface area contributed by atoms with E-state index in [-0.39, 0.29) is 21.7 Å². The Kier molecular flexibility index (Phi) is 9.37. The van der Waals surface area contributed by atoms with E-state index in [1.165, 1.54) is 22.7 Å². The van der Waals surface area contributed by atoms with E-state index in [4.69, 9.17) is 16.1 Å². The van der Waals surface area contributed by atoms with Crippen molar-refractivity contribution in [1.82, 2.24) is 9.78 Å². The first kappa shape index (κ1) is 22.9. The summed E-state index contributed by atoms with van der Waals surface area (Å²) in [6, 6.07) is 0. The Balaban J connectivity index is 3.14. The van der Waals surface area contributed by atoms with E-state index in [0.29, 0.717) is 25.1 Å². The largest absolute Gasteiger partial charge is 0.414 e. The van der Waals surface area contributed by atoms with Crippen LogP contribution in [0.1, 0.15) is 52.9 Å². The Morgan fingerprint density at radius 1 is 1.20 bits per heavy atom. The predicted octanol–water partition coefficient (Wildman–Crippen LogP) is 5.26. The lowest BCUT2D eigenvalue weighted by Crippen LogP contribution is -2.14. The molecule has 0 amide bonds. The third-order valence-electron chi connectivity index (χ3n) is 3.43. The minimum Gasteiger partial charge on any atom is -0.414 e. The zero-order valence-corrected chi connectivity index (χ0v) is 18.6. The molecule has 0 spiro atoms. The van der Waals surface area contributed by atoms with Crippen molar-refractivity contribution in [2.75, 3.05) is 18.2 Å². The number of aryl methyl sites for hydroxylation is 1. The van der Waals surface area contributed by atoms with Crippen LogP contribution < -0.4 is 4.52 Å². The van der Waals surface area contributed by atoms with Crippen molar-refractivity contribution in [2.45, 2.75) is 64.4 Å². The van der Waals surface area contributed by atoms with Crippen LogP contribution in [-0.2, 0) is 20.9 Å². The molecule has 10 heteroatoms. The average Bonchev–Trinajstić information content (AvgIpc) is 2.80. The van der Waals surface area contributed by atoms with Gasteiger partial charge in [-0.2, -0.15) is 0 Å². The molecule has 0 aliphatic carbocycles. The monoisotopic (exact) mass is 430 g/mol. The van der Waals surface area contributed by atoms with Crippen LogP contribution in [0.25, 0.3) is 0 Å². The van der Waals surface area contributed by atoms with Gasteiger partial charge in [-0.1, -0.05) is 63.0 Å². The van der Waals surface area contributed by atoms with Crippen LogP contribution in [0.3, 0.4) is 0 Å². The second-order valence-corrected chi connectivity index (χ2v) is 13.5. The smallest absolute Gasteiger partial charge is 0.301 e. The molecule has 0 radical (unpaired) electrons. The van der Waals surface area contributed by atoms with Crippen LogP contribution in [-0.4, -0.2) is 36.4 Å². The highest BCUT2D eigenvalue weighted by atomic mass is 35.5.